The van der Waals surface area contributed by atoms with Crippen LogP contribution in [0.15, 0.2) is 18.6 Å². The number of hydrogen-bond acceptors (Lipinski definition) is 6. The van der Waals surface area contributed by atoms with Crippen LogP contribution in [-0.2, 0) is 13.0 Å². The normalized spacial score (nSPS) is 22.2. The Morgan fingerprint density at radius 3 is 2.74 bits per heavy atom. The maximum Gasteiger partial charge on any atom is 0.182 e. The van der Waals surface area contributed by atoms with Crippen molar-refractivity contribution < 1.29 is 4.39 Å². The SMILES string of the molecule is CNc1ncc(CN2C[C@@H](Cc3ncc(F)cn3)CC[C@H]2C)s1. The Hall–Kier alpha value is -1.60. The standard InChI is InChI=1S/C16H22FN5S/c1-11-3-4-12(5-15-19-6-13(17)7-20-15)9-22(11)10-14-8-21-16(18-2)23-14/h6-8,11-12H,3-5,9-10H2,1-2H3,(H,18,21)/t11-,12-/m1/s1. The smallest absolute Gasteiger partial charge is 0.182 e. The van der Waals surface area contributed by atoms with E-state index in [9.17, 15) is 4.39 Å². The highest BCUT2D eigenvalue weighted by atomic mass is 32.1. The van der Waals surface area contributed by atoms with Crippen LogP contribution >= 0.6 is 11.3 Å². The van der Waals surface area contributed by atoms with Crippen molar-refractivity contribution in [3.8, 4) is 0 Å². The number of anilines is 1. The number of rotatable bonds is 5. The first-order valence-corrected chi connectivity index (χ1v) is 8.78. The van der Waals surface area contributed by atoms with Gasteiger partial charge < -0.3 is 5.32 Å². The Kier molecular flexibility index (Phi) is 5.17. The molecule has 0 bridgehead atoms. The van der Waals surface area contributed by atoms with Gasteiger partial charge in [0, 0.05) is 43.7 Å². The zero-order valence-corrected chi connectivity index (χ0v) is 14.3. The molecule has 2 aromatic heterocycles. The molecule has 5 nitrogen and oxygen atoms in total. The van der Waals surface area contributed by atoms with Crippen LogP contribution < -0.4 is 5.32 Å². The van der Waals surface area contributed by atoms with Gasteiger partial charge in [-0.25, -0.2) is 19.3 Å². The minimum Gasteiger partial charge on any atom is -0.365 e. The number of thiazole rings is 1. The Bertz CT molecular complexity index is 630. The number of nitrogens with zero attached hydrogens (tertiary/aromatic N) is 4. The van der Waals surface area contributed by atoms with E-state index >= 15 is 0 Å². The lowest BCUT2D eigenvalue weighted by Crippen LogP contribution is -2.41. The lowest BCUT2D eigenvalue weighted by Gasteiger charge is -2.37. The Labute approximate surface area is 140 Å². The molecule has 3 rings (SSSR count). The van der Waals surface area contributed by atoms with Crippen molar-refractivity contribution in [3.63, 3.8) is 0 Å². The van der Waals surface area contributed by atoms with Crippen molar-refractivity contribution >= 4 is 16.5 Å². The molecule has 0 amide bonds. The topological polar surface area (TPSA) is 53.9 Å². The summed E-state index contributed by atoms with van der Waals surface area (Å²) in [7, 11) is 1.89. The third-order valence-electron chi connectivity index (χ3n) is 4.38. The third-order valence-corrected chi connectivity index (χ3v) is 5.38. The van der Waals surface area contributed by atoms with Crippen molar-refractivity contribution in [1.29, 1.82) is 0 Å². The molecule has 3 heterocycles. The Balaban J connectivity index is 1.60. The average molecular weight is 335 g/mol. The van der Waals surface area contributed by atoms with Crippen LogP contribution in [-0.4, -0.2) is 39.5 Å². The molecule has 0 unspecified atom stereocenters. The second kappa shape index (κ2) is 7.31. The predicted octanol–water partition coefficient (Wildman–Crippen LogP) is 2.96. The molecule has 0 saturated carbocycles. The molecule has 1 saturated heterocycles. The van der Waals surface area contributed by atoms with E-state index in [1.807, 2.05) is 13.2 Å². The fourth-order valence-corrected chi connectivity index (χ4v) is 3.84. The van der Waals surface area contributed by atoms with Crippen molar-refractivity contribution in [2.75, 3.05) is 18.9 Å². The maximum atomic E-state index is 12.9. The van der Waals surface area contributed by atoms with Crippen LogP contribution in [0.1, 0.15) is 30.5 Å². The number of aromatic nitrogens is 3. The van der Waals surface area contributed by atoms with Crippen LogP contribution in [0.4, 0.5) is 9.52 Å². The minimum absolute atomic E-state index is 0.377. The van der Waals surface area contributed by atoms with Gasteiger partial charge in [-0.2, -0.15) is 0 Å². The lowest BCUT2D eigenvalue weighted by atomic mass is 9.90. The quantitative estimate of drug-likeness (QED) is 0.910. The second-order valence-corrected chi connectivity index (χ2v) is 7.24. The molecular weight excluding hydrogens is 313 g/mol. The summed E-state index contributed by atoms with van der Waals surface area (Å²) in [5.41, 5.74) is 0. The third kappa shape index (κ3) is 4.23. The zero-order chi connectivity index (χ0) is 16.2. The first-order chi connectivity index (χ1) is 11.1. The molecule has 0 spiro atoms. The van der Waals surface area contributed by atoms with Gasteiger partial charge in [0.2, 0.25) is 0 Å². The Morgan fingerprint density at radius 1 is 1.26 bits per heavy atom. The van der Waals surface area contributed by atoms with E-state index in [0.29, 0.717) is 12.0 Å². The monoisotopic (exact) mass is 335 g/mol. The van der Waals surface area contributed by atoms with Crippen molar-refractivity contribution in [3.05, 3.63) is 35.1 Å². The van der Waals surface area contributed by atoms with Gasteiger partial charge in [-0.05, 0) is 25.7 Å². The fourth-order valence-electron chi connectivity index (χ4n) is 3.05. The number of nitrogens with one attached hydrogen (secondary N) is 1. The van der Waals surface area contributed by atoms with E-state index in [1.54, 1.807) is 11.3 Å². The van der Waals surface area contributed by atoms with Gasteiger partial charge in [-0.3, -0.25) is 4.90 Å². The summed E-state index contributed by atoms with van der Waals surface area (Å²) < 4.78 is 12.9. The minimum atomic E-state index is -0.377. The number of halogens is 1. The van der Waals surface area contributed by atoms with Gasteiger partial charge >= 0.3 is 0 Å². The van der Waals surface area contributed by atoms with E-state index in [0.717, 1.165) is 30.5 Å². The van der Waals surface area contributed by atoms with Crippen molar-refractivity contribution in [1.82, 2.24) is 19.9 Å². The van der Waals surface area contributed by atoms with Crippen LogP contribution in [0.5, 0.6) is 0 Å². The van der Waals surface area contributed by atoms with Crippen molar-refractivity contribution in [2.45, 2.75) is 38.8 Å². The van der Waals surface area contributed by atoms with Gasteiger partial charge in [0.25, 0.3) is 0 Å². The summed E-state index contributed by atoms with van der Waals surface area (Å²) in [6.07, 6.45) is 7.61. The van der Waals surface area contributed by atoms with E-state index in [2.05, 4.69) is 32.1 Å². The summed E-state index contributed by atoms with van der Waals surface area (Å²) in [5.74, 6) is 0.882. The zero-order valence-electron chi connectivity index (χ0n) is 13.5. The molecule has 1 aliphatic rings. The van der Waals surface area contributed by atoms with Gasteiger partial charge in [-0.1, -0.05) is 0 Å². The van der Waals surface area contributed by atoms with Gasteiger partial charge in [0.15, 0.2) is 10.9 Å². The highest BCUT2D eigenvalue weighted by Crippen LogP contribution is 2.27. The van der Waals surface area contributed by atoms with Gasteiger partial charge in [0.05, 0.1) is 12.4 Å². The number of hydrogen-bond donors (Lipinski definition) is 1. The molecule has 1 N–H and O–H groups in total. The van der Waals surface area contributed by atoms with E-state index < -0.39 is 0 Å². The van der Waals surface area contributed by atoms with Crippen molar-refractivity contribution in [2.24, 2.45) is 5.92 Å². The molecule has 23 heavy (non-hydrogen) atoms. The predicted molar refractivity (Wildman–Crippen MR) is 90.0 cm³/mol. The summed E-state index contributed by atoms with van der Waals surface area (Å²) in [5, 5.41) is 4.04. The molecule has 7 heteroatoms. The van der Waals surface area contributed by atoms with Gasteiger partial charge in [0.1, 0.15) is 5.82 Å². The highest BCUT2D eigenvalue weighted by Gasteiger charge is 2.26. The largest absolute Gasteiger partial charge is 0.365 e. The fraction of sp³-hybridized carbons (Fsp3) is 0.562. The van der Waals surface area contributed by atoms with E-state index in [-0.39, 0.29) is 5.82 Å². The molecule has 124 valence electrons. The molecule has 1 fully saturated rings. The van der Waals surface area contributed by atoms with E-state index in [4.69, 9.17) is 0 Å². The molecule has 2 aromatic rings. The molecule has 1 aliphatic heterocycles. The molecule has 0 aliphatic carbocycles. The first-order valence-electron chi connectivity index (χ1n) is 7.97. The number of piperidine rings is 1. The summed E-state index contributed by atoms with van der Waals surface area (Å²) in [6.45, 7) is 4.24. The van der Waals surface area contributed by atoms with Crippen LogP contribution in [0.2, 0.25) is 0 Å². The van der Waals surface area contributed by atoms with Crippen LogP contribution in [0.25, 0.3) is 0 Å². The summed E-state index contributed by atoms with van der Waals surface area (Å²) in [4.78, 5) is 16.3. The van der Waals surface area contributed by atoms with Gasteiger partial charge in [-0.15, -0.1) is 11.3 Å². The molecule has 0 radical (unpaired) electrons. The molecule has 0 aromatic carbocycles. The van der Waals surface area contributed by atoms with Crippen LogP contribution in [0, 0.1) is 11.7 Å². The summed E-state index contributed by atoms with van der Waals surface area (Å²) >= 11 is 1.71. The highest BCUT2D eigenvalue weighted by molar-refractivity contribution is 7.15. The Morgan fingerprint density at radius 2 is 2.04 bits per heavy atom. The summed E-state index contributed by atoms with van der Waals surface area (Å²) in [6, 6.07) is 0.570. The molecule has 2 atom stereocenters. The van der Waals surface area contributed by atoms with Crippen LogP contribution in [0.3, 0.4) is 0 Å². The number of likely N-dealkylation sites (tertiary alicyclic amines) is 1. The first kappa shape index (κ1) is 16.3. The lowest BCUT2D eigenvalue weighted by molar-refractivity contribution is 0.110. The second-order valence-electron chi connectivity index (χ2n) is 6.13. The molecular formula is C16H22FN5S. The van der Waals surface area contributed by atoms with E-state index in [1.165, 1.54) is 30.1 Å². The average Bonchev–Trinajstić information content (AvgIpc) is 3.00. The maximum absolute atomic E-state index is 12.9.